The summed E-state index contributed by atoms with van der Waals surface area (Å²) in [6.07, 6.45) is 4.93. The molecule has 1 N–H and O–H groups in total. The zero-order valence-corrected chi connectivity index (χ0v) is 17.0. The fourth-order valence-electron chi connectivity index (χ4n) is 3.65. The number of nitrogens with one attached hydrogen (secondary N) is 1. The van der Waals surface area contributed by atoms with Crippen molar-refractivity contribution in [2.24, 2.45) is 7.05 Å². The maximum absolute atomic E-state index is 12.7. The van der Waals surface area contributed by atoms with Gasteiger partial charge in [0.15, 0.2) is 0 Å². The van der Waals surface area contributed by atoms with Gasteiger partial charge in [0.1, 0.15) is 11.4 Å². The first-order valence-corrected chi connectivity index (χ1v) is 10.5. The number of thiazole rings is 1. The average molecular weight is 397 g/mol. The summed E-state index contributed by atoms with van der Waals surface area (Å²) in [7, 11) is 3.51. The fraction of sp³-hybridized carbons (Fsp3) is 0.381. The number of carbonyl (C=O) groups excluding carboxylic acids is 1. The molecule has 6 nitrogen and oxygen atoms in total. The first-order valence-electron chi connectivity index (χ1n) is 9.57. The number of carbonyl (C=O) groups is 1. The predicted molar refractivity (Wildman–Crippen MR) is 110 cm³/mol. The Kier molecular flexibility index (Phi) is 5.43. The molecule has 0 saturated carbocycles. The molecule has 0 bridgehead atoms. The molecule has 0 unspecified atom stereocenters. The molecule has 0 saturated heterocycles. The molecule has 0 radical (unpaired) electrons. The predicted octanol–water partition coefficient (Wildman–Crippen LogP) is 3.40. The zero-order valence-electron chi connectivity index (χ0n) is 16.2. The molecule has 2 heterocycles. The van der Waals surface area contributed by atoms with Crippen molar-refractivity contribution in [3.8, 4) is 17.0 Å². The summed E-state index contributed by atoms with van der Waals surface area (Å²) in [5.74, 6) is 0.796. The molecule has 2 aromatic heterocycles. The number of hydrogen-bond acceptors (Lipinski definition) is 5. The lowest BCUT2D eigenvalue weighted by molar-refractivity contribution is 0.0943. The highest BCUT2D eigenvalue weighted by molar-refractivity contribution is 7.09. The Bertz CT molecular complexity index is 975. The van der Waals surface area contributed by atoms with Crippen molar-refractivity contribution in [2.45, 2.75) is 32.1 Å². The minimum atomic E-state index is -0.0370. The van der Waals surface area contributed by atoms with Gasteiger partial charge >= 0.3 is 0 Å². The van der Waals surface area contributed by atoms with E-state index in [0.717, 1.165) is 59.0 Å². The van der Waals surface area contributed by atoms with Crippen molar-refractivity contribution in [3.63, 3.8) is 0 Å². The van der Waals surface area contributed by atoms with Crippen molar-refractivity contribution >= 4 is 17.2 Å². The van der Waals surface area contributed by atoms with E-state index in [4.69, 9.17) is 9.72 Å². The Morgan fingerprint density at radius 1 is 1.25 bits per heavy atom. The molecule has 1 aliphatic rings. The van der Waals surface area contributed by atoms with Gasteiger partial charge < -0.3 is 10.1 Å². The average Bonchev–Trinajstić information content (AvgIpc) is 3.31. The first-order chi connectivity index (χ1) is 13.7. The van der Waals surface area contributed by atoms with E-state index in [9.17, 15) is 4.79 Å². The number of fused-ring (bicyclic) bond motifs is 1. The van der Waals surface area contributed by atoms with E-state index >= 15 is 0 Å². The normalized spacial score (nSPS) is 13.2. The Hall–Kier alpha value is -2.67. The van der Waals surface area contributed by atoms with Gasteiger partial charge in [-0.05, 0) is 49.9 Å². The number of amides is 1. The van der Waals surface area contributed by atoms with Crippen LogP contribution in [0.3, 0.4) is 0 Å². The highest BCUT2D eigenvalue weighted by atomic mass is 32.1. The molecular weight excluding hydrogens is 372 g/mol. The van der Waals surface area contributed by atoms with Gasteiger partial charge in [-0.3, -0.25) is 9.48 Å². The zero-order chi connectivity index (χ0) is 19.5. The Morgan fingerprint density at radius 3 is 2.82 bits per heavy atom. The van der Waals surface area contributed by atoms with E-state index in [-0.39, 0.29) is 5.91 Å². The molecule has 0 fully saturated rings. The SMILES string of the molecule is COc1ccc(-c2csc(CCNC(=O)c3c4c(nn3C)CCCC4)n2)cc1. The van der Waals surface area contributed by atoms with Gasteiger partial charge in [0.05, 0.1) is 23.5 Å². The van der Waals surface area contributed by atoms with Crippen LogP contribution in [0.2, 0.25) is 0 Å². The Labute approximate surface area is 168 Å². The van der Waals surface area contributed by atoms with Gasteiger partial charge in [-0.25, -0.2) is 4.98 Å². The first kappa shape index (κ1) is 18.7. The van der Waals surface area contributed by atoms with Crippen LogP contribution in [-0.2, 0) is 26.3 Å². The van der Waals surface area contributed by atoms with Crippen LogP contribution in [0.15, 0.2) is 29.6 Å². The van der Waals surface area contributed by atoms with Gasteiger partial charge in [-0.1, -0.05) is 0 Å². The van der Waals surface area contributed by atoms with Gasteiger partial charge in [0, 0.05) is 36.5 Å². The van der Waals surface area contributed by atoms with Crippen molar-refractivity contribution < 1.29 is 9.53 Å². The second-order valence-corrected chi connectivity index (χ2v) is 7.91. The van der Waals surface area contributed by atoms with Crippen LogP contribution in [0.4, 0.5) is 0 Å². The highest BCUT2D eigenvalue weighted by Crippen LogP contribution is 2.25. The van der Waals surface area contributed by atoms with Crippen LogP contribution in [0.25, 0.3) is 11.3 Å². The van der Waals surface area contributed by atoms with E-state index in [1.807, 2.05) is 31.3 Å². The summed E-state index contributed by atoms with van der Waals surface area (Å²) in [5.41, 5.74) is 4.95. The van der Waals surface area contributed by atoms with Crippen molar-refractivity contribution in [2.75, 3.05) is 13.7 Å². The smallest absolute Gasteiger partial charge is 0.269 e. The molecule has 0 atom stereocenters. The summed E-state index contributed by atoms with van der Waals surface area (Å²) in [6.45, 7) is 0.564. The molecule has 146 valence electrons. The molecule has 1 amide bonds. The number of benzene rings is 1. The van der Waals surface area contributed by atoms with Crippen molar-refractivity contribution in [1.82, 2.24) is 20.1 Å². The van der Waals surface area contributed by atoms with E-state index < -0.39 is 0 Å². The second-order valence-electron chi connectivity index (χ2n) is 6.97. The lowest BCUT2D eigenvalue weighted by atomic mass is 9.95. The third-order valence-corrected chi connectivity index (χ3v) is 6.00. The molecule has 28 heavy (non-hydrogen) atoms. The van der Waals surface area contributed by atoms with Crippen LogP contribution < -0.4 is 10.1 Å². The van der Waals surface area contributed by atoms with Crippen LogP contribution in [0.1, 0.15) is 39.6 Å². The number of hydrogen-bond donors (Lipinski definition) is 1. The summed E-state index contributed by atoms with van der Waals surface area (Å²) < 4.78 is 6.93. The summed E-state index contributed by atoms with van der Waals surface area (Å²) >= 11 is 1.62. The van der Waals surface area contributed by atoms with E-state index in [1.165, 1.54) is 0 Å². The van der Waals surface area contributed by atoms with Gasteiger partial charge in [-0.2, -0.15) is 5.10 Å². The van der Waals surface area contributed by atoms with Crippen LogP contribution in [0.5, 0.6) is 5.75 Å². The number of ether oxygens (including phenoxy) is 1. The number of methoxy groups -OCH3 is 1. The molecular formula is C21H24N4O2S. The molecule has 3 aromatic rings. The number of aryl methyl sites for hydroxylation is 2. The van der Waals surface area contributed by atoms with Crippen LogP contribution >= 0.6 is 11.3 Å². The summed E-state index contributed by atoms with van der Waals surface area (Å²) in [6, 6.07) is 7.88. The third kappa shape index (κ3) is 3.80. The number of nitrogens with zero attached hydrogens (tertiary/aromatic N) is 3. The van der Waals surface area contributed by atoms with Gasteiger partial charge in [0.25, 0.3) is 5.91 Å². The molecule has 4 rings (SSSR count). The Balaban J connectivity index is 1.36. The van der Waals surface area contributed by atoms with E-state index in [2.05, 4.69) is 15.8 Å². The summed E-state index contributed by atoms with van der Waals surface area (Å²) in [4.78, 5) is 17.4. The number of rotatable bonds is 6. The lowest BCUT2D eigenvalue weighted by Crippen LogP contribution is -2.28. The third-order valence-electron chi connectivity index (χ3n) is 5.10. The highest BCUT2D eigenvalue weighted by Gasteiger charge is 2.23. The van der Waals surface area contributed by atoms with Crippen molar-refractivity contribution in [1.29, 1.82) is 0 Å². The lowest BCUT2D eigenvalue weighted by Gasteiger charge is -2.11. The number of aromatic nitrogens is 3. The quantitative estimate of drug-likeness (QED) is 0.693. The minimum absolute atomic E-state index is 0.0370. The molecule has 1 aromatic carbocycles. The monoisotopic (exact) mass is 396 g/mol. The maximum atomic E-state index is 12.7. The van der Waals surface area contributed by atoms with Crippen LogP contribution in [0, 0.1) is 0 Å². The molecule has 0 spiro atoms. The van der Waals surface area contributed by atoms with E-state index in [1.54, 1.807) is 23.1 Å². The second kappa shape index (κ2) is 8.14. The largest absolute Gasteiger partial charge is 0.497 e. The van der Waals surface area contributed by atoms with Crippen LogP contribution in [-0.4, -0.2) is 34.3 Å². The maximum Gasteiger partial charge on any atom is 0.269 e. The fourth-order valence-corrected chi connectivity index (χ4v) is 4.46. The molecule has 7 heteroatoms. The topological polar surface area (TPSA) is 69.0 Å². The molecule has 1 aliphatic carbocycles. The minimum Gasteiger partial charge on any atom is -0.497 e. The van der Waals surface area contributed by atoms with Crippen molar-refractivity contribution in [3.05, 3.63) is 51.6 Å². The molecule has 0 aliphatic heterocycles. The van der Waals surface area contributed by atoms with Gasteiger partial charge in [-0.15, -0.1) is 11.3 Å². The van der Waals surface area contributed by atoms with Gasteiger partial charge in [0.2, 0.25) is 0 Å². The standard InChI is InChI=1S/C21H24N4O2S/c1-25-20(16-5-3-4-6-17(16)24-25)21(26)22-12-11-19-23-18(13-28-19)14-7-9-15(27-2)10-8-14/h7-10,13H,3-6,11-12H2,1-2H3,(H,22,26). The van der Waals surface area contributed by atoms with E-state index in [0.29, 0.717) is 18.7 Å². The Morgan fingerprint density at radius 2 is 2.04 bits per heavy atom. The summed E-state index contributed by atoms with van der Waals surface area (Å²) in [5, 5.41) is 10.6.